The van der Waals surface area contributed by atoms with Crippen molar-refractivity contribution in [3.8, 4) is 11.5 Å². The molecule has 0 radical (unpaired) electrons. The van der Waals surface area contributed by atoms with Crippen molar-refractivity contribution in [3.63, 3.8) is 0 Å². The molecule has 11 nitrogen and oxygen atoms in total. The first kappa shape index (κ1) is 33.6. The van der Waals surface area contributed by atoms with Crippen LogP contribution in [0.15, 0.2) is 67.0 Å². The number of carbonyl (C=O) groups excluding carboxylic acids is 4. The summed E-state index contributed by atoms with van der Waals surface area (Å²) in [6.45, 7) is 6.27. The van der Waals surface area contributed by atoms with Gasteiger partial charge in [0, 0.05) is 54.9 Å². The predicted octanol–water partition coefficient (Wildman–Crippen LogP) is 5.57. The van der Waals surface area contributed by atoms with Gasteiger partial charge in [0.05, 0.1) is 6.42 Å². The Morgan fingerprint density at radius 2 is 1.72 bits per heavy atom. The molecule has 4 rings (SSSR count). The Bertz CT molecular complexity index is 1600. The van der Waals surface area contributed by atoms with Crippen LogP contribution >= 0.6 is 0 Å². The number of hydrogen-bond donors (Lipinski definition) is 3. The standard InChI is InChI=1S/C33H35F2N5O6/c1-33(2,3)46-32(44)38-24-13-16-40(17-14-24)30(42)11-6-22-20-36-15-12-27(22)45-28-10-9-25(19-26(28)35)37-31(43)39-29(41)18-21-4-7-23(34)8-5-21/h4-12,15,19-20,24H,13-14,16-18H2,1-3H3,(H,38,44)(H2,37,39,41,43). The molecule has 0 bridgehead atoms. The molecule has 2 aromatic carbocycles. The summed E-state index contributed by atoms with van der Waals surface area (Å²) in [5.74, 6) is -2.00. The van der Waals surface area contributed by atoms with Gasteiger partial charge in [-0.3, -0.25) is 19.9 Å². The van der Waals surface area contributed by atoms with Crippen LogP contribution in [0.4, 0.5) is 24.1 Å². The number of alkyl carbamates (subject to hydrolysis) is 1. The second-order valence-corrected chi connectivity index (χ2v) is 11.5. The van der Waals surface area contributed by atoms with Crippen LogP contribution in [-0.2, 0) is 20.7 Å². The highest BCUT2D eigenvalue weighted by Gasteiger charge is 2.25. The van der Waals surface area contributed by atoms with Crippen molar-refractivity contribution in [2.45, 2.75) is 51.7 Å². The maximum Gasteiger partial charge on any atom is 0.407 e. The number of carbonyl (C=O) groups is 4. The monoisotopic (exact) mass is 635 g/mol. The molecule has 242 valence electrons. The number of nitrogens with zero attached hydrogens (tertiary/aromatic N) is 2. The minimum Gasteiger partial charge on any atom is -0.454 e. The van der Waals surface area contributed by atoms with Gasteiger partial charge in [-0.15, -0.1) is 0 Å². The van der Waals surface area contributed by atoms with Crippen molar-refractivity contribution in [3.05, 3.63) is 89.8 Å². The summed E-state index contributed by atoms with van der Waals surface area (Å²) in [7, 11) is 0. The number of benzene rings is 2. The number of amides is 5. The molecule has 13 heteroatoms. The van der Waals surface area contributed by atoms with Gasteiger partial charge in [-0.2, -0.15) is 0 Å². The number of aromatic nitrogens is 1. The first-order chi connectivity index (χ1) is 21.8. The maximum atomic E-state index is 14.9. The molecular weight excluding hydrogens is 600 g/mol. The lowest BCUT2D eigenvalue weighted by atomic mass is 10.1. The first-order valence-corrected chi connectivity index (χ1v) is 14.6. The number of pyridine rings is 1. The quantitative estimate of drug-likeness (QED) is 0.275. The van der Waals surface area contributed by atoms with Crippen molar-refractivity contribution >= 4 is 35.7 Å². The van der Waals surface area contributed by atoms with Crippen molar-refractivity contribution in [2.75, 3.05) is 18.4 Å². The van der Waals surface area contributed by atoms with Crippen LogP contribution in [-0.4, -0.2) is 58.6 Å². The smallest absolute Gasteiger partial charge is 0.407 e. The lowest BCUT2D eigenvalue weighted by Gasteiger charge is -2.32. The zero-order valence-corrected chi connectivity index (χ0v) is 25.6. The van der Waals surface area contributed by atoms with Gasteiger partial charge >= 0.3 is 12.1 Å². The average Bonchev–Trinajstić information content (AvgIpc) is 2.98. The number of anilines is 1. The molecule has 0 aliphatic carbocycles. The van der Waals surface area contributed by atoms with Gasteiger partial charge < -0.3 is 25.0 Å². The molecule has 2 heterocycles. The number of rotatable bonds is 8. The van der Waals surface area contributed by atoms with E-state index in [4.69, 9.17) is 9.47 Å². The van der Waals surface area contributed by atoms with Crippen molar-refractivity contribution in [1.29, 1.82) is 0 Å². The summed E-state index contributed by atoms with van der Waals surface area (Å²) in [5.41, 5.74) is 0.422. The summed E-state index contributed by atoms with van der Waals surface area (Å²) in [4.78, 5) is 54.9. The lowest BCUT2D eigenvalue weighted by Crippen LogP contribution is -2.47. The molecule has 1 aromatic heterocycles. The van der Waals surface area contributed by atoms with Crippen molar-refractivity contribution in [1.82, 2.24) is 20.5 Å². The highest BCUT2D eigenvalue weighted by atomic mass is 19.1. The van der Waals surface area contributed by atoms with Crippen LogP contribution in [0.25, 0.3) is 6.08 Å². The van der Waals surface area contributed by atoms with Crippen molar-refractivity contribution in [2.24, 2.45) is 0 Å². The zero-order chi connectivity index (χ0) is 33.3. The Labute approximate surface area is 265 Å². The third-order valence-corrected chi connectivity index (χ3v) is 6.68. The Kier molecular flexibility index (Phi) is 11.0. The number of halogens is 2. The minimum atomic E-state index is -0.866. The summed E-state index contributed by atoms with van der Waals surface area (Å²) in [6.07, 6.45) is 6.36. The number of hydrogen-bond acceptors (Lipinski definition) is 7. The highest BCUT2D eigenvalue weighted by Crippen LogP contribution is 2.29. The Morgan fingerprint density at radius 1 is 1.00 bits per heavy atom. The fourth-order valence-electron chi connectivity index (χ4n) is 4.50. The van der Waals surface area contributed by atoms with E-state index in [0.717, 1.165) is 6.07 Å². The molecule has 46 heavy (non-hydrogen) atoms. The van der Waals surface area contributed by atoms with Gasteiger partial charge in [-0.1, -0.05) is 12.1 Å². The van der Waals surface area contributed by atoms with Gasteiger partial charge in [-0.25, -0.2) is 18.4 Å². The van der Waals surface area contributed by atoms with Crippen LogP contribution in [0, 0.1) is 11.6 Å². The van der Waals surface area contributed by atoms with E-state index in [1.165, 1.54) is 67.0 Å². The van der Waals surface area contributed by atoms with Gasteiger partial charge in [0.25, 0.3) is 0 Å². The number of imide groups is 1. The summed E-state index contributed by atoms with van der Waals surface area (Å²) in [6, 6.07) is 9.56. The highest BCUT2D eigenvalue weighted by molar-refractivity contribution is 6.01. The molecule has 3 N–H and O–H groups in total. The fraction of sp³-hybridized carbons (Fsp3) is 0.303. The molecule has 0 saturated carbocycles. The fourth-order valence-corrected chi connectivity index (χ4v) is 4.50. The Hall–Kier alpha value is -5.33. The van der Waals surface area contributed by atoms with Gasteiger partial charge in [0.1, 0.15) is 17.2 Å². The van der Waals surface area contributed by atoms with E-state index in [1.54, 1.807) is 25.7 Å². The van der Waals surface area contributed by atoms with Gasteiger partial charge in [0.15, 0.2) is 11.6 Å². The Morgan fingerprint density at radius 3 is 2.39 bits per heavy atom. The zero-order valence-electron chi connectivity index (χ0n) is 25.6. The van der Waals surface area contributed by atoms with E-state index >= 15 is 0 Å². The molecule has 1 aliphatic rings. The predicted molar refractivity (Wildman–Crippen MR) is 166 cm³/mol. The van der Waals surface area contributed by atoms with E-state index in [-0.39, 0.29) is 35.6 Å². The van der Waals surface area contributed by atoms with Crippen LogP contribution in [0.3, 0.4) is 0 Å². The molecule has 0 atom stereocenters. The number of urea groups is 1. The van der Waals surface area contributed by atoms with E-state index in [1.807, 2.05) is 0 Å². The second-order valence-electron chi connectivity index (χ2n) is 11.5. The SMILES string of the molecule is CC(C)(C)OC(=O)NC1CCN(C(=O)C=Cc2cnccc2Oc2ccc(NC(=O)NC(=O)Cc3ccc(F)cc3)cc2F)CC1. The topological polar surface area (TPSA) is 139 Å². The third-order valence-electron chi connectivity index (χ3n) is 6.68. The maximum absolute atomic E-state index is 14.9. The molecular formula is C33H35F2N5O6. The number of nitrogens with one attached hydrogen (secondary N) is 3. The minimum absolute atomic E-state index is 0.0717. The van der Waals surface area contributed by atoms with Crippen LogP contribution in [0.2, 0.25) is 0 Å². The van der Waals surface area contributed by atoms with E-state index in [0.29, 0.717) is 37.1 Å². The molecule has 1 aliphatic heterocycles. The molecule has 3 aromatic rings. The number of piperidine rings is 1. The van der Waals surface area contributed by atoms with Crippen LogP contribution < -0.4 is 20.7 Å². The summed E-state index contributed by atoms with van der Waals surface area (Å²) in [5, 5.41) is 7.35. The normalized spacial score (nSPS) is 13.6. The Balaban J connectivity index is 1.29. The first-order valence-electron chi connectivity index (χ1n) is 14.6. The molecule has 1 fully saturated rings. The van der Waals surface area contributed by atoms with Gasteiger partial charge in [-0.05, 0) is 75.6 Å². The van der Waals surface area contributed by atoms with E-state index in [9.17, 15) is 28.0 Å². The summed E-state index contributed by atoms with van der Waals surface area (Å²) >= 11 is 0. The largest absolute Gasteiger partial charge is 0.454 e. The molecule has 0 spiro atoms. The van der Waals surface area contributed by atoms with Gasteiger partial charge in [0.2, 0.25) is 11.8 Å². The molecule has 0 unspecified atom stereocenters. The third kappa shape index (κ3) is 10.4. The molecule has 1 saturated heterocycles. The van der Waals surface area contributed by atoms with Crippen LogP contribution in [0.5, 0.6) is 11.5 Å². The van der Waals surface area contributed by atoms with Crippen LogP contribution in [0.1, 0.15) is 44.7 Å². The van der Waals surface area contributed by atoms with E-state index in [2.05, 4.69) is 20.9 Å². The average molecular weight is 636 g/mol. The number of likely N-dealkylation sites (tertiary alicyclic amines) is 1. The van der Waals surface area contributed by atoms with E-state index < -0.39 is 35.3 Å². The second kappa shape index (κ2) is 15.1. The number of ether oxygens (including phenoxy) is 2. The molecule has 5 amide bonds. The summed E-state index contributed by atoms with van der Waals surface area (Å²) < 4.78 is 39.0. The lowest BCUT2D eigenvalue weighted by molar-refractivity contribution is -0.127. The van der Waals surface area contributed by atoms with Crippen molar-refractivity contribution < 1.29 is 37.4 Å².